The number of amides is 1. The van der Waals surface area contributed by atoms with E-state index in [-0.39, 0.29) is 29.7 Å². The molecule has 2 N–H and O–H groups in total. The maximum atomic E-state index is 12.1. The van der Waals surface area contributed by atoms with Crippen LogP contribution in [0.15, 0.2) is 18.2 Å². The van der Waals surface area contributed by atoms with Crippen molar-refractivity contribution in [1.82, 2.24) is 5.32 Å². The minimum absolute atomic E-state index is 0.00594. The molecule has 0 aromatic heterocycles. The van der Waals surface area contributed by atoms with Crippen LogP contribution in [0.25, 0.3) is 0 Å². The largest absolute Gasteiger partial charge is 0.502 e. The Morgan fingerprint density at radius 2 is 2.00 bits per heavy atom. The number of phenols is 1. The summed E-state index contributed by atoms with van der Waals surface area (Å²) in [7, 11) is 0. The van der Waals surface area contributed by atoms with Gasteiger partial charge in [-0.1, -0.05) is 0 Å². The van der Waals surface area contributed by atoms with Gasteiger partial charge in [0.05, 0.1) is 17.1 Å². The average Bonchev–Trinajstić information content (AvgIpc) is 2.36. The van der Waals surface area contributed by atoms with Gasteiger partial charge in [0.25, 0.3) is 5.91 Å². The van der Waals surface area contributed by atoms with E-state index in [9.17, 15) is 20.0 Å². The summed E-state index contributed by atoms with van der Waals surface area (Å²) in [6.45, 7) is 3.90. The second-order valence-corrected chi connectivity index (χ2v) is 5.36. The van der Waals surface area contributed by atoms with Crippen molar-refractivity contribution in [3.63, 3.8) is 0 Å². The van der Waals surface area contributed by atoms with E-state index in [0.29, 0.717) is 0 Å². The quantitative estimate of drug-likeness (QED) is 0.655. The molecule has 0 unspecified atom stereocenters. The van der Waals surface area contributed by atoms with Gasteiger partial charge in [-0.05, 0) is 38.8 Å². The molecule has 1 saturated heterocycles. The normalized spacial score (nSPS) is 25.3. The van der Waals surface area contributed by atoms with Crippen molar-refractivity contribution < 1.29 is 19.6 Å². The minimum atomic E-state index is -0.696. The van der Waals surface area contributed by atoms with Crippen molar-refractivity contribution >= 4 is 11.6 Å². The number of nitro benzene ring substituents is 1. The van der Waals surface area contributed by atoms with Gasteiger partial charge < -0.3 is 15.2 Å². The lowest BCUT2D eigenvalue weighted by atomic mass is 9.99. The summed E-state index contributed by atoms with van der Waals surface area (Å²) in [5, 5.41) is 23.1. The maximum absolute atomic E-state index is 12.1. The topological polar surface area (TPSA) is 102 Å². The molecule has 1 aromatic carbocycles. The number of nitrogens with zero attached hydrogens (tertiary/aromatic N) is 1. The Kier molecular flexibility index (Phi) is 4.42. The fourth-order valence-electron chi connectivity index (χ4n) is 2.61. The highest BCUT2D eigenvalue weighted by Crippen LogP contribution is 2.26. The fraction of sp³-hybridized carbons (Fsp3) is 0.500. The zero-order valence-electron chi connectivity index (χ0n) is 11.9. The van der Waals surface area contributed by atoms with Gasteiger partial charge in [-0.2, -0.15) is 0 Å². The SMILES string of the molecule is C[C@H]1CC(NC(=O)c2ccc([N+](=O)[O-])c(O)c2)C[C@H](C)O1. The first-order valence-electron chi connectivity index (χ1n) is 6.80. The Bertz CT molecular complexity index is 550. The first-order valence-corrected chi connectivity index (χ1v) is 6.80. The molecular weight excluding hydrogens is 276 g/mol. The lowest BCUT2D eigenvalue weighted by molar-refractivity contribution is -0.385. The van der Waals surface area contributed by atoms with Gasteiger partial charge >= 0.3 is 5.69 Å². The Hall–Kier alpha value is -2.15. The molecule has 1 aliphatic heterocycles. The van der Waals surface area contributed by atoms with Crippen molar-refractivity contribution in [2.24, 2.45) is 0 Å². The molecule has 0 spiro atoms. The first kappa shape index (κ1) is 15.2. The third-order valence-electron chi connectivity index (χ3n) is 3.47. The van der Waals surface area contributed by atoms with Gasteiger partial charge in [0.15, 0.2) is 5.75 Å². The van der Waals surface area contributed by atoms with Crippen molar-refractivity contribution in [3.05, 3.63) is 33.9 Å². The number of nitrogens with one attached hydrogen (secondary N) is 1. The van der Waals surface area contributed by atoms with Crippen LogP contribution in [0.2, 0.25) is 0 Å². The molecule has 1 aromatic rings. The van der Waals surface area contributed by atoms with Crippen LogP contribution in [0.3, 0.4) is 0 Å². The molecule has 1 heterocycles. The zero-order chi connectivity index (χ0) is 15.6. The minimum Gasteiger partial charge on any atom is -0.502 e. The van der Waals surface area contributed by atoms with E-state index < -0.39 is 16.4 Å². The number of nitro groups is 1. The molecule has 1 fully saturated rings. The van der Waals surface area contributed by atoms with Gasteiger partial charge in [-0.25, -0.2) is 0 Å². The van der Waals surface area contributed by atoms with Crippen molar-refractivity contribution in [3.8, 4) is 5.75 Å². The number of carbonyl (C=O) groups excluding carboxylic acids is 1. The Morgan fingerprint density at radius 3 is 2.52 bits per heavy atom. The molecule has 0 aliphatic carbocycles. The summed E-state index contributed by atoms with van der Waals surface area (Å²) in [5.41, 5.74) is -0.218. The van der Waals surface area contributed by atoms with E-state index in [2.05, 4.69) is 5.32 Å². The molecule has 21 heavy (non-hydrogen) atoms. The Balaban J connectivity index is 2.06. The van der Waals surface area contributed by atoms with Gasteiger partial charge in [0, 0.05) is 17.7 Å². The van der Waals surface area contributed by atoms with Crippen molar-refractivity contribution in [2.75, 3.05) is 0 Å². The third kappa shape index (κ3) is 3.69. The summed E-state index contributed by atoms with van der Waals surface area (Å²) in [4.78, 5) is 22.1. The Morgan fingerprint density at radius 1 is 1.38 bits per heavy atom. The van der Waals surface area contributed by atoms with Gasteiger partial charge in [0.2, 0.25) is 0 Å². The van der Waals surface area contributed by atoms with E-state index in [1.807, 2.05) is 13.8 Å². The number of carbonyl (C=O) groups is 1. The molecule has 0 saturated carbocycles. The molecule has 114 valence electrons. The van der Waals surface area contributed by atoms with Gasteiger partial charge in [-0.15, -0.1) is 0 Å². The number of ether oxygens (including phenoxy) is 1. The van der Waals surface area contributed by atoms with Crippen LogP contribution in [0, 0.1) is 10.1 Å². The molecule has 0 radical (unpaired) electrons. The number of rotatable bonds is 3. The molecule has 2 atom stereocenters. The predicted molar refractivity (Wildman–Crippen MR) is 75.3 cm³/mol. The second-order valence-electron chi connectivity index (χ2n) is 5.36. The lowest BCUT2D eigenvalue weighted by Crippen LogP contribution is -2.43. The van der Waals surface area contributed by atoms with Gasteiger partial charge in [0.1, 0.15) is 0 Å². The van der Waals surface area contributed by atoms with Crippen molar-refractivity contribution in [2.45, 2.75) is 44.9 Å². The Labute approximate surface area is 122 Å². The average molecular weight is 294 g/mol. The number of phenolic OH excluding ortho intramolecular Hbond substituents is 1. The van der Waals surface area contributed by atoms with E-state index in [1.54, 1.807) is 0 Å². The number of benzene rings is 1. The molecule has 1 aliphatic rings. The maximum Gasteiger partial charge on any atom is 0.310 e. The standard InChI is InChI=1S/C14H18N2O5/c1-8-5-11(6-9(2)21-8)15-14(18)10-3-4-12(16(19)20)13(17)7-10/h3-4,7-9,11,17H,5-6H2,1-2H3,(H,15,18)/t8-,9-/m0/s1. The number of aromatic hydroxyl groups is 1. The third-order valence-corrected chi connectivity index (χ3v) is 3.47. The van der Waals surface area contributed by atoms with E-state index in [1.165, 1.54) is 6.07 Å². The summed E-state index contributed by atoms with van der Waals surface area (Å²) >= 11 is 0. The van der Waals surface area contributed by atoms with Gasteiger partial charge in [-0.3, -0.25) is 14.9 Å². The van der Waals surface area contributed by atoms with Crippen LogP contribution in [0.5, 0.6) is 5.75 Å². The summed E-state index contributed by atoms with van der Waals surface area (Å²) in [5.74, 6) is -0.868. The van der Waals surface area contributed by atoms with E-state index in [0.717, 1.165) is 25.0 Å². The molecule has 0 bridgehead atoms. The van der Waals surface area contributed by atoms with E-state index in [4.69, 9.17) is 4.74 Å². The van der Waals surface area contributed by atoms with Crippen LogP contribution in [-0.4, -0.2) is 34.2 Å². The molecule has 7 heteroatoms. The lowest BCUT2D eigenvalue weighted by Gasteiger charge is -2.32. The summed E-state index contributed by atoms with van der Waals surface area (Å²) in [6, 6.07) is 3.56. The number of hydrogen-bond donors (Lipinski definition) is 2. The molecule has 1 amide bonds. The number of hydrogen-bond acceptors (Lipinski definition) is 5. The van der Waals surface area contributed by atoms with Crippen LogP contribution < -0.4 is 5.32 Å². The fourth-order valence-corrected chi connectivity index (χ4v) is 2.61. The van der Waals surface area contributed by atoms with Crippen LogP contribution in [-0.2, 0) is 4.74 Å². The second kappa shape index (κ2) is 6.09. The summed E-state index contributed by atoms with van der Waals surface area (Å²) < 4.78 is 5.60. The first-order chi connectivity index (χ1) is 9.86. The molecular formula is C14H18N2O5. The smallest absolute Gasteiger partial charge is 0.310 e. The van der Waals surface area contributed by atoms with Crippen LogP contribution >= 0.6 is 0 Å². The highest BCUT2D eigenvalue weighted by Gasteiger charge is 2.26. The van der Waals surface area contributed by atoms with E-state index >= 15 is 0 Å². The zero-order valence-corrected chi connectivity index (χ0v) is 11.9. The van der Waals surface area contributed by atoms with Crippen molar-refractivity contribution in [1.29, 1.82) is 0 Å². The predicted octanol–water partition coefficient (Wildman–Crippen LogP) is 1.99. The highest BCUT2D eigenvalue weighted by molar-refractivity contribution is 5.95. The monoisotopic (exact) mass is 294 g/mol. The molecule has 2 rings (SSSR count). The van der Waals surface area contributed by atoms with Crippen LogP contribution in [0.4, 0.5) is 5.69 Å². The summed E-state index contributed by atoms with van der Waals surface area (Å²) in [6.07, 6.45) is 1.58. The van der Waals surface area contributed by atoms with Crippen LogP contribution in [0.1, 0.15) is 37.0 Å². The highest BCUT2D eigenvalue weighted by atomic mass is 16.6. The molecule has 7 nitrogen and oxygen atoms in total.